The number of nitrogens with one attached hydrogen (secondary N) is 1. The van der Waals surface area contributed by atoms with E-state index in [1.165, 1.54) is 12.3 Å². The number of alkyl halides is 3. The summed E-state index contributed by atoms with van der Waals surface area (Å²) in [6, 6.07) is 2.74. The SMILES string of the molecule is Cc1coc(NC(=O)c2cc(C(F)(F)F)ccc2Br)n1. The lowest BCUT2D eigenvalue weighted by Crippen LogP contribution is -2.15. The first-order valence-corrected chi connectivity index (χ1v) is 6.17. The summed E-state index contributed by atoms with van der Waals surface area (Å²) in [6.07, 6.45) is -3.20. The van der Waals surface area contributed by atoms with Crippen LogP contribution in [0.1, 0.15) is 21.6 Å². The maximum atomic E-state index is 12.6. The number of hydrogen-bond acceptors (Lipinski definition) is 3. The third-order valence-corrected chi connectivity index (χ3v) is 3.07. The van der Waals surface area contributed by atoms with Gasteiger partial charge in [0.2, 0.25) is 0 Å². The molecule has 0 saturated heterocycles. The van der Waals surface area contributed by atoms with Gasteiger partial charge in [-0.05, 0) is 41.1 Å². The molecule has 0 fully saturated rings. The molecule has 0 saturated carbocycles. The van der Waals surface area contributed by atoms with Crippen molar-refractivity contribution in [1.29, 1.82) is 0 Å². The number of nitrogens with zero attached hydrogens (tertiary/aromatic N) is 1. The summed E-state index contributed by atoms with van der Waals surface area (Å²) in [5.74, 6) is -0.746. The Morgan fingerprint density at radius 2 is 2.10 bits per heavy atom. The van der Waals surface area contributed by atoms with Crippen molar-refractivity contribution in [2.75, 3.05) is 5.32 Å². The normalized spacial score (nSPS) is 11.4. The van der Waals surface area contributed by atoms with Crippen LogP contribution in [0.2, 0.25) is 0 Å². The van der Waals surface area contributed by atoms with Crippen LogP contribution in [0.15, 0.2) is 33.4 Å². The van der Waals surface area contributed by atoms with E-state index in [9.17, 15) is 18.0 Å². The Kier molecular flexibility index (Phi) is 3.85. The number of hydrogen-bond donors (Lipinski definition) is 1. The van der Waals surface area contributed by atoms with E-state index in [0.717, 1.165) is 12.1 Å². The molecule has 106 valence electrons. The average molecular weight is 349 g/mol. The lowest BCUT2D eigenvalue weighted by atomic mass is 10.1. The first-order valence-electron chi connectivity index (χ1n) is 5.37. The van der Waals surface area contributed by atoms with Crippen LogP contribution in [0.4, 0.5) is 19.2 Å². The van der Waals surface area contributed by atoms with Gasteiger partial charge in [-0.2, -0.15) is 18.2 Å². The van der Waals surface area contributed by atoms with Gasteiger partial charge < -0.3 is 4.42 Å². The monoisotopic (exact) mass is 348 g/mol. The molecule has 2 aromatic rings. The molecule has 0 atom stereocenters. The number of aryl methyl sites for hydroxylation is 1. The number of carbonyl (C=O) groups is 1. The fourth-order valence-electron chi connectivity index (χ4n) is 1.45. The molecule has 1 heterocycles. The molecule has 0 bridgehead atoms. The highest BCUT2D eigenvalue weighted by Crippen LogP contribution is 2.32. The number of benzene rings is 1. The lowest BCUT2D eigenvalue weighted by Gasteiger charge is -2.09. The van der Waals surface area contributed by atoms with E-state index >= 15 is 0 Å². The van der Waals surface area contributed by atoms with Crippen molar-refractivity contribution in [2.45, 2.75) is 13.1 Å². The number of halogens is 4. The molecular weight excluding hydrogens is 341 g/mol. The van der Waals surface area contributed by atoms with Crippen LogP contribution in [0.3, 0.4) is 0 Å². The first kappa shape index (κ1) is 14.6. The van der Waals surface area contributed by atoms with Crippen molar-refractivity contribution in [2.24, 2.45) is 0 Å². The van der Waals surface area contributed by atoms with Gasteiger partial charge in [0.25, 0.3) is 5.91 Å². The molecule has 0 aliphatic rings. The molecule has 1 aromatic carbocycles. The van der Waals surface area contributed by atoms with Crippen LogP contribution >= 0.6 is 15.9 Å². The maximum Gasteiger partial charge on any atom is 0.416 e. The van der Waals surface area contributed by atoms with E-state index in [1.807, 2.05) is 0 Å². The van der Waals surface area contributed by atoms with Crippen molar-refractivity contribution in [3.8, 4) is 0 Å². The van der Waals surface area contributed by atoms with Gasteiger partial charge in [-0.3, -0.25) is 10.1 Å². The second-order valence-corrected chi connectivity index (χ2v) is 4.79. The number of anilines is 1. The smallest absolute Gasteiger partial charge is 0.416 e. The molecule has 1 amide bonds. The van der Waals surface area contributed by atoms with Gasteiger partial charge in [-0.1, -0.05) is 0 Å². The van der Waals surface area contributed by atoms with Crippen LogP contribution in [0, 0.1) is 6.92 Å². The Bertz CT molecular complexity index is 652. The molecule has 0 aliphatic carbocycles. The quantitative estimate of drug-likeness (QED) is 0.891. The zero-order valence-corrected chi connectivity index (χ0v) is 11.7. The maximum absolute atomic E-state index is 12.6. The van der Waals surface area contributed by atoms with Crippen LogP contribution in [-0.4, -0.2) is 10.9 Å². The highest BCUT2D eigenvalue weighted by atomic mass is 79.9. The molecule has 1 aromatic heterocycles. The predicted octanol–water partition coefficient (Wildman–Crippen LogP) is 4.02. The van der Waals surface area contributed by atoms with E-state index in [0.29, 0.717) is 5.69 Å². The Morgan fingerprint density at radius 3 is 2.65 bits per heavy atom. The summed E-state index contributed by atoms with van der Waals surface area (Å²) >= 11 is 3.04. The van der Waals surface area contributed by atoms with Gasteiger partial charge >= 0.3 is 12.2 Å². The molecule has 4 nitrogen and oxygen atoms in total. The molecule has 20 heavy (non-hydrogen) atoms. The lowest BCUT2D eigenvalue weighted by molar-refractivity contribution is -0.137. The Balaban J connectivity index is 2.29. The molecule has 1 N–H and O–H groups in total. The minimum atomic E-state index is -4.52. The minimum Gasteiger partial charge on any atom is -0.432 e. The molecule has 2 rings (SSSR count). The fraction of sp³-hybridized carbons (Fsp3) is 0.167. The topological polar surface area (TPSA) is 55.1 Å². The largest absolute Gasteiger partial charge is 0.432 e. The molecule has 0 radical (unpaired) electrons. The highest BCUT2D eigenvalue weighted by Gasteiger charge is 2.31. The number of rotatable bonds is 2. The molecule has 0 aliphatic heterocycles. The average Bonchev–Trinajstić information content (AvgIpc) is 2.73. The summed E-state index contributed by atoms with van der Waals surface area (Å²) in [5.41, 5.74) is -0.520. The van der Waals surface area contributed by atoms with Crippen molar-refractivity contribution in [3.63, 3.8) is 0 Å². The Hall–Kier alpha value is -1.83. The molecular formula is C12H8BrF3N2O2. The van der Waals surface area contributed by atoms with Crippen LogP contribution in [-0.2, 0) is 6.18 Å². The molecule has 0 unspecified atom stereocenters. The standard InChI is InChI=1S/C12H8BrF3N2O2/c1-6-5-20-11(17-6)18-10(19)8-4-7(12(14,15)16)2-3-9(8)13/h2-5H,1H3,(H,17,18,19). The van der Waals surface area contributed by atoms with Gasteiger partial charge in [0.1, 0.15) is 6.26 Å². The Morgan fingerprint density at radius 1 is 1.40 bits per heavy atom. The minimum absolute atomic E-state index is 0.0724. The van der Waals surface area contributed by atoms with Gasteiger partial charge in [0, 0.05) is 4.47 Å². The summed E-state index contributed by atoms with van der Waals surface area (Å²) in [7, 11) is 0. The fourth-order valence-corrected chi connectivity index (χ4v) is 1.88. The third-order valence-electron chi connectivity index (χ3n) is 2.38. The zero-order valence-electron chi connectivity index (χ0n) is 10.1. The predicted molar refractivity (Wildman–Crippen MR) is 68.3 cm³/mol. The number of amides is 1. The van der Waals surface area contributed by atoms with Crippen LogP contribution in [0.5, 0.6) is 0 Å². The van der Waals surface area contributed by atoms with E-state index in [2.05, 4.69) is 26.2 Å². The van der Waals surface area contributed by atoms with E-state index in [4.69, 9.17) is 4.42 Å². The van der Waals surface area contributed by atoms with Gasteiger partial charge in [-0.25, -0.2) is 0 Å². The summed E-state index contributed by atoms with van der Waals surface area (Å²) in [6.45, 7) is 1.65. The van der Waals surface area contributed by atoms with Crippen molar-refractivity contribution < 1.29 is 22.4 Å². The van der Waals surface area contributed by atoms with E-state index < -0.39 is 17.6 Å². The van der Waals surface area contributed by atoms with E-state index in [-0.39, 0.29) is 16.1 Å². The van der Waals surface area contributed by atoms with Crippen molar-refractivity contribution in [1.82, 2.24) is 4.98 Å². The summed E-state index contributed by atoms with van der Waals surface area (Å²) in [5, 5.41) is 2.28. The number of oxazole rings is 1. The van der Waals surface area contributed by atoms with Crippen molar-refractivity contribution >= 4 is 27.9 Å². The molecule has 0 spiro atoms. The van der Waals surface area contributed by atoms with Crippen LogP contribution in [0.25, 0.3) is 0 Å². The van der Waals surface area contributed by atoms with Gasteiger partial charge in [0.05, 0.1) is 16.8 Å². The summed E-state index contributed by atoms with van der Waals surface area (Å²) in [4.78, 5) is 15.8. The Labute approximate surface area is 120 Å². The highest BCUT2D eigenvalue weighted by molar-refractivity contribution is 9.10. The van der Waals surface area contributed by atoms with Gasteiger partial charge in [-0.15, -0.1) is 0 Å². The second kappa shape index (κ2) is 5.28. The van der Waals surface area contributed by atoms with E-state index in [1.54, 1.807) is 6.92 Å². The first-order chi connectivity index (χ1) is 9.27. The summed E-state index contributed by atoms with van der Waals surface area (Å²) < 4.78 is 43.0. The second-order valence-electron chi connectivity index (χ2n) is 3.94. The number of carbonyl (C=O) groups excluding carboxylic acids is 1. The molecule has 8 heteroatoms. The van der Waals surface area contributed by atoms with Crippen molar-refractivity contribution in [3.05, 3.63) is 45.8 Å². The number of aromatic nitrogens is 1. The third kappa shape index (κ3) is 3.19. The van der Waals surface area contributed by atoms with Crippen LogP contribution < -0.4 is 5.32 Å². The zero-order chi connectivity index (χ0) is 14.9. The van der Waals surface area contributed by atoms with Gasteiger partial charge in [0.15, 0.2) is 0 Å².